The monoisotopic (exact) mass is 321 g/mol. The average Bonchev–Trinajstić information content (AvgIpc) is 2.43. The van der Waals surface area contributed by atoms with Crippen molar-refractivity contribution in [3.05, 3.63) is 10.4 Å². The number of unbranched alkanes of at least 4 members (excludes halogenated alkanes) is 10. The van der Waals surface area contributed by atoms with E-state index in [0.29, 0.717) is 12.8 Å². The van der Waals surface area contributed by atoms with Crippen LogP contribution in [0, 0.1) is 0 Å². The zero-order chi connectivity index (χ0) is 16.7. The van der Waals surface area contributed by atoms with Crippen LogP contribution in [-0.2, 0) is 0 Å². The molecule has 0 bridgehead atoms. The van der Waals surface area contributed by atoms with Gasteiger partial charge in [0, 0.05) is 11.0 Å². The van der Waals surface area contributed by atoms with Gasteiger partial charge in [-0.3, -0.25) is 0 Å². The van der Waals surface area contributed by atoms with Crippen molar-refractivity contribution in [2.24, 2.45) is 5.11 Å². The maximum Gasteiger partial charge on any atom is 0.389 e. The molecule has 1 atom stereocenters. The van der Waals surface area contributed by atoms with Gasteiger partial charge in [0.25, 0.3) is 0 Å². The van der Waals surface area contributed by atoms with Crippen LogP contribution in [-0.4, -0.2) is 12.2 Å². The van der Waals surface area contributed by atoms with Crippen LogP contribution in [0.4, 0.5) is 13.2 Å². The molecule has 0 rings (SSSR count). The summed E-state index contributed by atoms with van der Waals surface area (Å²) in [6.07, 6.45) is 7.93. The molecule has 130 valence electrons. The molecule has 6 heteroatoms. The second kappa shape index (κ2) is 13.7. The third-order valence-electron chi connectivity index (χ3n) is 3.82. The summed E-state index contributed by atoms with van der Waals surface area (Å²) in [5, 5.41) is 3.25. The summed E-state index contributed by atoms with van der Waals surface area (Å²) in [7, 11) is 0. The van der Waals surface area contributed by atoms with Gasteiger partial charge in [-0.25, -0.2) is 0 Å². The molecule has 0 aromatic rings. The van der Waals surface area contributed by atoms with Crippen LogP contribution < -0.4 is 0 Å². The minimum atomic E-state index is -4.25. The normalized spacial score (nSPS) is 12.9. The Morgan fingerprint density at radius 3 is 1.73 bits per heavy atom. The summed E-state index contributed by atoms with van der Waals surface area (Å²) in [5.74, 6) is 0. The minimum Gasteiger partial charge on any atom is -0.171 e. The molecule has 3 nitrogen and oxygen atoms in total. The van der Waals surface area contributed by atoms with Gasteiger partial charge < -0.3 is 0 Å². The highest BCUT2D eigenvalue weighted by Gasteiger charge is 2.31. The first-order valence-electron chi connectivity index (χ1n) is 8.60. The summed E-state index contributed by atoms with van der Waals surface area (Å²) >= 11 is 0. The summed E-state index contributed by atoms with van der Waals surface area (Å²) in [6.45, 7) is 2.21. The summed E-state index contributed by atoms with van der Waals surface area (Å²) in [4.78, 5) is 2.52. The number of alkyl halides is 3. The Balaban J connectivity index is 3.48. The van der Waals surface area contributed by atoms with Crippen molar-refractivity contribution in [2.75, 3.05) is 0 Å². The second-order valence-corrected chi connectivity index (χ2v) is 6.00. The van der Waals surface area contributed by atoms with Crippen molar-refractivity contribution in [1.29, 1.82) is 0 Å². The fourth-order valence-corrected chi connectivity index (χ4v) is 2.59. The number of azide groups is 1. The van der Waals surface area contributed by atoms with Gasteiger partial charge in [-0.1, -0.05) is 82.7 Å². The molecule has 0 aliphatic carbocycles. The van der Waals surface area contributed by atoms with Gasteiger partial charge >= 0.3 is 6.18 Å². The molecule has 0 radical (unpaired) electrons. The predicted molar refractivity (Wildman–Crippen MR) is 84.7 cm³/mol. The summed E-state index contributed by atoms with van der Waals surface area (Å²) in [6, 6.07) is -0.941. The van der Waals surface area contributed by atoms with Crippen LogP contribution in [0.2, 0.25) is 0 Å². The Hall–Kier alpha value is -0.900. The van der Waals surface area contributed by atoms with E-state index in [0.717, 1.165) is 19.3 Å². The quantitative estimate of drug-likeness (QED) is 0.139. The number of halogens is 3. The Morgan fingerprint density at radius 1 is 0.864 bits per heavy atom. The fourth-order valence-electron chi connectivity index (χ4n) is 2.59. The number of rotatable bonds is 14. The molecule has 1 unspecified atom stereocenters. The van der Waals surface area contributed by atoms with E-state index in [4.69, 9.17) is 5.53 Å². The number of hydrogen-bond acceptors (Lipinski definition) is 1. The van der Waals surface area contributed by atoms with Crippen molar-refractivity contribution in [3.63, 3.8) is 0 Å². The zero-order valence-corrected chi connectivity index (χ0v) is 13.7. The van der Waals surface area contributed by atoms with E-state index >= 15 is 0 Å². The molecule has 0 fully saturated rings. The highest BCUT2D eigenvalue weighted by atomic mass is 19.4. The van der Waals surface area contributed by atoms with Crippen LogP contribution >= 0.6 is 0 Å². The first-order valence-corrected chi connectivity index (χ1v) is 8.60. The third kappa shape index (κ3) is 15.5. The van der Waals surface area contributed by atoms with Gasteiger partial charge in [0.2, 0.25) is 0 Å². The highest BCUT2D eigenvalue weighted by molar-refractivity contribution is 4.71. The van der Waals surface area contributed by atoms with Crippen LogP contribution in [0.3, 0.4) is 0 Å². The lowest BCUT2D eigenvalue weighted by atomic mass is 10.0. The maximum atomic E-state index is 12.3. The minimum absolute atomic E-state index is 0.334. The predicted octanol–water partition coefficient (Wildman–Crippen LogP) is 7.32. The lowest BCUT2D eigenvalue weighted by Gasteiger charge is -2.13. The number of nitrogens with zero attached hydrogens (tertiary/aromatic N) is 3. The van der Waals surface area contributed by atoms with Crippen LogP contribution in [0.15, 0.2) is 5.11 Å². The molecule has 0 aliphatic rings. The molecule has 0 heterocycles. The van der Waals surface area contributed by atoms with Crippen molar-refractivity contribution in [3.8, 4) is 0 Å². The fraction of sp³-hybridized carbons (Fsp3) is 1.00. The Kier molecular flexibility index (Phi) is 13.2. The van der Waals surface area contributed by atoms with Crippen LogP contribution in [0.5, 0.6) is 0 Å². The van der Waals surface area contributed by atoms with Gasteiger partial charge in [-0.05, 0) is 12.0 Å². The van der Waals surface area contributed by atoms with E-state index in [1.807, 2.05) is 0 Å². The molecule has 22 heavy (non-hydrogen) atoms. The molecule has 0 aliphatic heterocycles. The van der Waals surface area contributed by atoms with Gasteiger partial charge in [-0.15, -0.1) is 0 Å². The maximum absolute atomic E-state index is 12.3. The first kappa shape index (κ1) is 21.1. The SMILES string of the molecule is CCCCCCCCCCCCCC(CC(F)(F)F)N=[N+]=[N-]. The third-order valence-corrected chi connectivity index (χ3v) is 3.82. The second-order valence-electron chi connectivity index (χ2n) is 6.00. The van der Waals surface area contributed by atoms with E-state index in [1.54, 1.807) is 0 Å². The lowest BCUT2D eigenvalue weighted by molar-refractivity contribution is -0.138. The molecule has 0 aromatic carbocycles. The van der Waals surface area contributed by atoms with E-state index in [9.17, 15) is 13.2 Å². The van der Waals surface area contributed by atoms with E-state index in [2.05, 4.69) is 16.9 Å². The van der Waals surface area contributed by atoms with E-state index in [1.165, 1.54) is 44.9 Å². The average molecular weight is 321 g/mol. The molecular formula is C16H30F3N3. The van der Waals surface area contributed by atoms with Gasteiger partial charge in [0.05, 0.1) is 6.42 Å². The van der Waals surface area contributed by atoms with E-state index in [-0.39, 0.29) is 0 Å². The van der Waals surface area contributed by atoms with Crippen molar-refractivity contribution < 1.29 is 13.2 Å². The smallest absolute Gasteiger partial charge is 0.171 e. The number of hydrogen-bond donors (Lipinski definition) is 0. The Bertz CT molecular complexity index is 300. The summed E-state index contributed by atoms with van der Waals surface area (Å²) < 4.78 is 36.8. The largest absolute Gasteiger partial charge is 0.389 e. The van der Waals surface area contributed by atoms with Crippen LogP contribution in [0.1, 0.15) is 90.4 Å². The molecular weight excluding hydrogens is 291 g/mol. The van der Waals surface area contributed by atoms with Gasteiger partial charge in [0.15, 0.2) is 0 Å². The Morgan fingerprint density at radius 2 is 1.32 bits per heavy atom. The molecule has 0 N–H and O–H groups in total. The molecule has 0 spiro atoms. The topological polar surface area (TPSA) is 48.8 Å². The summed E-state index contributed by atoms with van der Waals surface area (Å²) in [5.41, 5.74) is 8.30. The zero-order valence-electron chi connectivity index (χ0n) is 13.7. The highest BCUT2D eigenvalue weighted by Crippen LogP contribution is 2.25. The van der Waals surface area contributed by atoms with Crippen molar-refractivity contribution in [1.82, 2.24) is 0 Å². The van der Waals surface area contributed by atoms with Crippen LogP contribution in [0.25, 0.3) is 10.4 Å². The lowest BCUT2D eigenvalue weighted by Crippen LogP contribution is -2.17. The standard InChI is InChI=1S/C16H30F3N3/c1-2-3-4-5-6-7-8-9-10-11-12-13-15(21-22-20)14-16(17,18)19/h15H,2-14H2,1H3. The van der Waals surface area contributed by atoms with E-state index < -0.39 is 18.6 Å². The van der Waals surface area contributed by atoms with Gasteiger partial charge in [0.1, 0.15) is 0 Å². The molecule has 0 saturated carbocycles. The van der Waals surface area contributed by atoms with Gasteiger partial charge in [-0.2, -0.15) is 13.2 Å². The molecule has 0 aromatic heterocycles. The molecule has 0 saturated heterocycles. The van der Waals surface area contributed by atoms with Crippen molar-refractivity contribution >= 4 is 0 Å². The molecule has 0 amide bonds. The Labute approximate surface area is 132 Å². The first-order chi connectivity index (χ1) is 10.5. The van der Waals surface area contributed by atoms with Crippen molar-refractivity contribution in [2.45, 2.75) is 103 Å².